The third-order valence-electron chi connectivity index (χ3n) is 6.15. The summed E-state index contributed by atoms with van der Waals surface area (Å²) in [6, 6.07) is 4.74. The van der Waals surface area contributed by atoms with Crippen LogP contribution in [0.5, 0.6) is 11.6 Å². The fourth-order valence-electron chi connectivity index (χ4n) is 4.68. The van der Waals surface area contributed by atoms with Gasteiger partial charge < -0.3 is 4.74 Å². The fourth-order valence-corrected chi connectivity index (χ4v) is 4.94. The molecule has 3 aliphatic rings. The first kappa shape index (κ1) is 21.6. The van der Waals surface area contributed by atoms with Crippen molar-refractivity contribution in [3.8, 4) is 11.6 Å². The number of ether oxygens (including phenoxy) is 1. The normalized spacial score (nSPS) is 24.8. The topological polar surface area (TPSA) is 158 Å². The highest BCUT2D eigenvalue weighted by Gasteiger charge is 2.59. The summed E-state index contributed by atoms with van der Waals surface area (Å²) < 4.78 is 5.41. The van der Waals surface area contributed by atoms with Crippen LogP contribution in [0.15, 0.2) is 47.7 Å². The molecule has 12 nitrogen and oxygen atoms in total. The average Bonchev–Trinajstić information content (AvgIpc) is 3.48. The zero-order valence-electron chi connectivity index (χ0n) is 17.1. The van der Waals surface area contributed by atoms with Crippen molar-refractivity contribution < 1.29 is 24.2 Å². The van der Waals surface area contributed by atoms with Crippen molar-refractivity contribution >= 4 is 41.0 Å². The summed E-state index contributed by atoms with van der Waals surface area (Å²) in [5.41, 5.74) is -0.634. The van der Waals surface area contributed by atoms with Crippen LogP contribution >= 0.6 is 11.6 Å². The Bertz CT molecular complexity index is 1280. The predicted molar refractivity (Wildman–Crippen MR) is 116 cm³/mol. The average molecular weight is 484 g/mol. The van der Waals surface area contributed by atoms with Gasteiger partial charge in [-0.15, -0.1) is 0 Å². The zero-order chi connectivity index (χ0) is 24.1. The number of rotatable bonds is 6. The van der Waals surface area contributed by atoms with Crippen LogP contribution in [0.1, 0.15) is 12.0 Å². The van der Waals surface area contributed by atoms with Crippen molar-refractivity contribution in [1.29, 1.82) is 0 Å². The minimum absolute atomic E-state index is 0.0339. The second-order valence-corrected chi connectivity index (χ2v) is 8.46. The van der Waals surface area contributed by atoms with E-state index in [2.05, 4.69) is 10.1 Å². The van der Waals surface area contributed by atoms with Gasteiger partial charge in [0.1, 0.15) is 6.20 Å². The summed E-state index contributed by atoms with van der Waals surface area (Å²) in [6.45, 7) is 0. The second-order valence-electron chi connectivity index (χ2n) is 8.05. The van der Waals surface area contributed by atoms with Gasteiger partial charge in [0.05, 0.1) is 32.9 Å². The maximum absolute atomic E-state index is 12.7. The molecular formula is C21H14ClN5O7. The Balaban J connectivity index is 1.40. The highest BCUT2D eigenvalue weighted by Crippen LogP contribution is 2.52. The fraction of sp³-hybridized carbons (Fsp3) is 0.238. The summed E-state index contributed by atoms with van der Waals surface area (Å²) in [6.07, 6.45) is 6.81. The maximum atomic E-state index is 12.7. The van der Waals surface area contributed by atoms with E-state index in [0.29, 0.717) is 0 Å². The van der Waals surface area contributed by atoms with Crippen molar-refractivity contribution in [2.75, 3.05) is 0 Å². The van der Waals surface area contributed by atoms with Crippen molar-refractivity contribution in [2.24, 2.45) is 28.8 Å². The molecule has 34 heavy (non-hydrogen) atoms. The minimum atomic E-state index is -0.732. The van der Waals surface area contributed by atoms with E-state index < -0.39 is 27.4 Å². The molecule has 172 valence electrons. The summed E-state index contributed by atoms with van der Waals surface area (Å²) in [5, 5.41) is 27.0. The molecule has 0 spiro atoms. The van der Waals surface area contributed by atoms with Crippen molar-refractivity contribution in [1.82, 2.24) is 9.99 Å². The van der Waals surface area contributed by atoms with E-state index in [4.69, 9.17) is 16.3 Å². The van der Waals surface area contributed by atoms with Gasteiger partial charge in [0.25, 0.3) is 17.5 Å². The Morgan fingerprint density at radius 2 is 1.76 bits per heavy atom. The van der Waals surface area contributed by atoms with Gasteiger partial charge in [-0.1, -0.05) is 23.8 Å². The molecule has 0 N–H and O–H groups in total. The van der Waals surface area contributed by atoms with Gasteiger partial charge in [-0.3, -0.25) is 29.8 Å². The second kappa shape index (κ2) is 7.99. The summed E-state index contributed by atoms with van der Waals surface area (Å²) in [4.78, 5) is 50.2. The summed E-state index contributed by atoms with van der Waals surface area (Å²) in [7, 11) is 0. The Morgan fingerprint density at radius 1 is 1.09 bits per heavy atom. The lowest BCUT2D eigenvalue weighted by atomic mass is 9.85. The number of nitrogens with zero attached hydrogens (tertiary/aromatic N) is 5. The number of hydrazone groups is 1. The van der Waals surface area contributed by atoms with Gasteiger partial charge in [-0.05, 0) is 24.3 Å². The molecule has 2 aromatic rings. The number of nitro groups is 2. The highest BCUT2D eigenvalue weighted by molar-refractivity contribution is 6.32. The molecule has 1 aromatic carbocycles. The molecule has 1 aromatic heterocycles. The molecule has 4 atom stereocenters. The van der Waals surface area contributed by atoms with E-state index in [0.717, 1.165) is 36.0 Å². The molecule has 0 unspecified atom stereocenters. The number of aromatic nitrogens is 1. The van der Waals surface area contributed by atoms with Crippen LogP contribution in [0.25, 0.3) is 0 Å². The predicted octanol–water partition coefficient (Wildman–Crippen LogP) is 3.48. The number of hydrogen-bond acceptors (Lipinski definition) is 9. The van der Waals surface area contributed by atoms with Gasteiger partial charge in [-0.2, -0.15) is 10.1 Å². The number of imide groups is 1. The number of carbonyl (C=O) groups is 2. The molecule has 1 aliphatic heterocycles. The minimum Gasteiger partial charge on any atom is -0.430 e. The maximum Gasteiger partial charge on any atom is 0.313 e. The van der Waals surface area contributed by atoms with Gasteiger partial charge in [0, 0.05) is 23.8 Å². The quantitative estimate of drug-likeness (QED) is 0.198. The Hall–Kier alpha value is -4.19. The molecule has 2 aliphatic carbocycles. The van der Waals surface area contributed by atoms with Gasteiger partial charge >= 0.3 is 5.69 Å². The number of halogens is 1. The number of fused-ring (bicyclic) bond motifs is 5. The molecule has 5 rings (SSSR count). The Labute approximate surface area is 195 Å². The summed E-state index contributed by atoms with van der Waals surface area (Å²) in [5.74, 6) is -1.99. The molecule has 1 saturated heterocycles. The van der Waals surface area contributed by atoms with E-state index >= 15 is 0 Å². The molecule has 0 radical (unpaired) electrons. The monoisotopic (exact) mass is 483 g/mol. The van der Waals surface area contributed by atoms with E-state index in [1.807, 2.05) is 12.2 Å². The lowest BCUT2D eigenvalue weighted by molar-refractivity contribution is -0.385. The van der Waals surface area contributed by atoms with Crippen LogP contribution in [0.3, 0.4) is 0 Å². The number of benzene rings is 1. The smallest absolute Gasteiger partial charge is 0.313 e. The van der Waals surface area contributed by atoms with Crippen molar-refractivity contribution in [2.45, 2.75) is 6.42 Å². The largest absolute Gasteiger partial charge is 0.430 e. The van der Waals surface area contributed by atoms with Gasteiger partial charge in [0.15, 0.2) is 0 Å². The molecule has 2 fully saturated rings. The Kier molecular flexibility index (Phi) is 5.09. The number of allylic oxidation sites excluding steroid dienone is 2. The number of amides is 2. The standard InChI is InChI=1S/C21H14ClN5O7/c22-14-5-10(8-24-25-20(28)17-11-1-2-12(7-11)18(17)21(25)29)6-15(27(32)33)19(14)34-16-4-3-13(9-23-16)26(30)31/h1-6,8-9,11-12,17-18H,7H2/t11-,12-,17-,18+/m0/s1. The summed E-state index contributed by atoms with van der Waals surface area (Å²) >= 11 is 6.20. The van der Waals surface area contributed by atoms with Crippen LogP contribution < -0.4 is 4.74 Å². The molecule has 2 bridgehead atoms. The third kappa shape index (κ3) is 3.48. The van der Waals surface area contributed by atoms with Crippen molar-refractivity contribution in [3.63, 3.8) is 0 Å². The van der Waals surface area contributed by atoms with Crippen molar-refractivity contribution in [3.05, 3.63) is 73.4 Å². The first-order valence-corrected chi connectivity index (χ1v) is 10.5. The first-order valence-electron chi connectivity index (χ1n) is 10.1. The zero-order valence-corrected chi connectivity index (χ0v) is 17.9. The van der Waals surface area contributed by atoms with E-state index in [9.17, 15) is 29.8 Å². The van der Waals surface area contributed by atoms with Gasteiger partial charge in [0.2, 0.25) is 11.6 Å². The molecule has 2 amide bonds. The lowest BCUT2D eigenvalue weighted by Crippen LogP contribution is -2.28. The van der Waals surface area contributed by atoms with Crippen LogP contribution in [0.2, 0.25) is 5.02 Å². The van der Waals surface area contributed by atoms with E-state index in [1.165, 1.54) is 12.1 Å². The number of nitro benzene ring substituents is 1. The SMILES string of the molecule is O=C1[C@@H]2[C@H](C(=O)N1N=Cc1cc(Cl)c(Oc3ccc([N+](=O)[O-])cn3)c([N+](=O)[O-])c1)[C@H]1C=C[C@H]2C1. The van der Waals surface area contributed by atoms with Gasteiger partial charge in [-0.25, -0.2) is 4.98 Å². The Morgan fingerprint density at radius 3 is 2.32 bits per heavy atom. The lowest BCUT2D eigenvalue weighted by Gasteiger charge is -2.13. The van der Waals surface area contributed by atoms with E-state index in [-0.39, 0.29) is 51.6 Å². The highest BCUT2D eigenvalue weighted by atomic mass is 35.5. The van der Waals surface area contributed by atoms with Crippen LogP contribution in [-0.4, -0.2) is 37.9 Å². The molecule has 2 heterocycles. The number of hydrogen-bond donors (Lipinski definition) is 0. The third-order valence-corrected chi connectivity index (χ3v) is 6.43. The first-order chi connectivity index (χ1) is 16.2. The number of pyridine rings is 1. The van der Waals surface area contributed by atoms with E-state index in [1.54, 1.807) is 0 Å². The number of carbonyl (C=O) groups excluding carboxylic acids is 2. The van der Waals surface area contributed by atoms with Crippen LogP contribution in [0, 0.1) is 43.9 Å². The molecular weight excluding hydrogens is 470 g/mol. The van der Waals surface area contributed by atoms with Crippen LogP contribution in [-0.2, 0) is 9.59 Å². The molecule has 13 heteroatoms. The molecule has 1 saturated carbocycles. The van der Waals surface area contributed by atoms with Crippen LogP contribution in [0.4, 0.5) is 11.4 Å².